The number of hydrogen-bond acceptors (Lipinski definition) is 2. The van der Waals surface area contributed by atoms with Gasteiger partial charge in [0.05, 0.1) is 16.7 Å². The summed E-state index contributed by atoms with van der Waals surface area (Å²) in [6.07, 6.45) is 6.86. The number of rotatable bonds is 1. The molecule has 0 unspecified atom stereocenters. The minimum atomic E-state index is 0.762. The number of aromatic nitrogens is 2. The average molecular weight is 263 g/mol. The van der Waals surface area contributed by atoms with Gasteiger partial charge in [0.25, 0.3) is 0 Å². The lowest BCUT2D eigenvalue weighted by Gasteiger charge is -2.20. The molecule has 3 nitrogen and oxygen atoms in total. The topological polar surface area (TPSA) is 43.8 Å². The molecule has 0 fully saturated rings. The number of anilines is 1. The van der Waals surface area contributed by atoms with Gasteiger partial charge >= 0.3 is 0 Å². The molecule has 0 aliphatic heterocycles. The van der Waals surface area contributed by atoms with Gasteiger partial charge < -0.3 is 5.73 Å². The van der Waals surface area contributed by atoms with Crippen molar-refractivity contribution in [1.82, 2.24) is 9.55 Å². The second kappa shape index (κ2) is 4.37. The summed E-state index contributed by atoms with van der Waals surface area (Å²) in [5.41, 5.74) is 12.9. The maximum atomic E-state index is 5.83. The predicted molar refractivity (Wildman–Crippen MR) is 82.1 cm³/mol. The van der Waals surface area contributed by atoms with Gasteiger partial charge in [-0.15, -0.1) is 0 Å². The van der Waals surface area contributed by atoms with Gasteiger partial charge in [-0.2, -0.15) is 0 Å². The van der Waals surface area contributed by atoms with E-state index < -0.39 is 0 Å². The van der Waals surface area contributed by atoms with Crippen molar-refractivity contribution < 1.29 is 0 Å². The molecule has 100 valence electrons. The molecule has 0 atom stereocenters. The van der Waals surface area contributed by atoms with Crippen LogP contribution in [-0.4, -0.2) is 9.55 Å². The van der Waals surface area contributed by atoms with Crippen molar-refractivity contribution in [2.24, 2.45) is 0 Å². The zero-order valence-corrected chi connectivity index (χ0v) is 11.3. The lowest BCUT2D eigenvalue weighted by Crippen LogP contribution is -2.07. The van der Waals surface area contributed by atoms with Crippen LogP contribution in [0.2, 0.25) is 0 Å². The van der Waals surface area contributed by atoms with E-state index in [0.29, 0.717) is 0 Å². The molecule has 3 aromatic rings. The number of nitrogens with two attached hydrogens (primary N) is 1. The number of benzene rings is 2. The Labute approximate surface area is 118 Å². The second-order valence-electron chi connectivity index (χ2n) is 5.48. The van der Waals surface area contributed by atoms with Crippen LogP contribution in [0.4, 0.5) is 5.69 Å². The van der Waals surface area contributed by atoms with E-state index in [1.54, 1.807) is 0 Å². The first-order valence-corrected chi connectivity index (χ1v) is 7.17. The van der Waals surface area contributed by atoms with Crippen molar-refractivity contribution in [3.05, 3.63) is 53.9 Å². The van der Waals surface area contributed by atoms with Crippen LogP contribution in [0.25, 0.3) is 16.7 Å². The Morgan fingerprint density at radius 1 is 1.05 bits per heavy atom. The number of nitrogens with zero attached hydrogens (tertiary/aromatic N) is 2. The summed E-state index contributed by atoms with van der Waals surface area (Å²) in [4.78, 5) is 4.49. The highest BCUT2D eigenvalue weighted by Crippen LogP contribution is 2.29. The van der Waals surface area contributed by atoms with Gasteiger partial charge in [-0.3, -0.25) is 4.57 Å². The van der Waals surface area contributed by atoms with E-state index in [4.69, 9.17) is 5.73 Å². The van der Waals surface area contributed by atoms with E-state index in [9.17, 15) is 0 Å². The van der Waals surface area contributed by atoms with Crippen LogP contribution < -0.4 is 5.73 Å². The van der Waals surface area contributed by atoms with Crippen molar-refractivity contribution in [3.63, 3.8) is 0 Å². The third-order valence-electron chi connectivity index (χ3n) is 4.20. The molecule has 0 bridgehead atoms. The molecule has 1 aliphatic carbocycles. The molecular weight excluding hydrogens is 246 g/mol. The normalized spacial score (nSPS) is 14.4. The van der Waals surface area contributed by atoms with Crippen LogP contribution in [0.1, 0.15) is 24.0 Å². The standard InChI is InChI=1S/C17H17N3/c18-13-8-9-17-15(10-13)19-11-20(17)16-7-3-5-12-4-1-2-6-14(12)16/h3,5,7-11H,1-2,4,6,18H2. The maximum Gasteiger partial charge on any atom is 0.100 e. The van der Waals surface area contributed by atoms with Crippen molar-refractivity contribution in [3.8, 4) is 5.69 Å². The van der Waals surface area contributed by atoms with E-state index in [-0.39, 0.29) is 0 Å². The average Bonchev–Trinajstić information content (AvgIpc) is 2.89. The van der Waals surface area contributed by atoms with Crippen LogP contribution in [0.5, 0.6) is 0 Å². The highest BCUT2D eigenvalue weighted by Gasteiger charge is 2.15. The first kappa shape index (κ1) is 11.5. The van der Waals surface area contributed by atoms with Gasteiger partial charge in [-0.05, 0) is 61.1 Å². The Morgan fingerprint density at radius 2 is 1.95 bits per heavy atom. The maximum absolute atomic E-state index is 5.83. The first-order chi connectivity index (χ1) is 9.83. The molecule has 20 heavy (non-hydrogen) atoms. The monoisotopic (exact) mass is 263 g/mol. The third kappa shape index (κ3) is 1.70. The Morgan fingerprint density at radius 3 is 2.90 bits per heavy atom. The van der Waals surface area contributed by atoms with Gasteiger partial charge in [-0.1, -0.05) is 12.1 Å². The van der Waals surface area contributed by atoms with E-state index in [2.05, 4.69) is 33.8 Å². The number of hydrogen-bond donors (Lipinski definition) is 1. The molecule has 1 heterocycles. The van der Waals surface area contributed by atoms with Gasteiger partial charge in [0.1, 0.15) is 6.33 Å². The molecule has 0 saturated heterocycles. The van der Waals surface area contributed by atoms with Gasteiger partial charge in [-0.25, -0.2) is 4.98 Å². The van der Waals surface area contributed by atoms with Crippen molar-refractivity contribution >= 4 is 16.7 Å². The van der Waals surface area contributed by atoms with Crippen LogP contribution >= 0.6 is 0 Å². The molecule has 3 heteroatoms. The predicted octanol–water partition coefficient (Wildman–Crippen LogP) is 3.49. The zero-order chi connectivity index (χ0) is 13.5. The van der Waals surface area contributed by atoms with Gasteiger partial charge in [0.15, 0.2) is 0 Å². The summed E-state index contributed by atoms with van der Waals surface area (Å²) >= 11 is 0. The Bertz CT molecular complexity index is 786. The molecule has 1 aliphatic rings. The number of fused-ring (bicyclic) bond motifs is 2. The number of imidazole rings is 1. The fourth-order valence-electron chi connectivity index (χ4n) is 3.21. The van der Waals surface area contributed by atoms with Crippen LogP contribution in [-0.2, 0) is 12.8 Å². The van der Waals surface area contributed by atoms with Crippen molar-refractivity contribution in [2.45, 2.75) is 25.7 Å². The van der Waals surface area contributed by atoms with Crippen LogP contribution in [0, 0.1) is 0 Å². The molecular formula is C17H17N3. The summed E-state index contributed by atoms with van der Waals surface area (Å²) in [6, 6.07) is 12.5. The third-order valence-corrected chi connectivity index (χ3v) is 4.20. The highest BCUT2D eigenvalue weighted by molar-refractivity contribution is 5.81. The van der Waals surface area contributed by atoms with Crippen molar-refractivity contribution in [1.29, 1.82) is 0 Å². The fourth-order valence-corrected chi connectivity index (χ4v) is 3.21. The molecule has 4 rings (SSSR count). The van der Waals surface area contributed by atoms with Crippen LogP contribution in [0.3, 0.4) is 0 Å². The fraction of sp³-hybridized carbons (Fsp3) is 0.235. The van der Waals surface area contributed by atoms with Crippen molar-refractivity contribution in [2.75, 3.05) is 5.73 Å². The van der Waals surface area contributed by atoms with E-state index in [1.807, 2.05) is 18.5 Å². The minimum Gasteiger partial charge on any atom is -0.399 e. The van der Waals surface area contributed by atoms with E-state index in [0.717, 1.165) is 16.7 Å². The summed E-state index contributed by atoms with van der Waals surface area (Å²) < 4.78 is 2.19. The molecule has 0 saturated carbocycles. The summed E-state index contributed by atoms with van der Waals surface area (Å²) in [5.74, 6) is 0. The zero-order valence-electron chi connectivity index (χ0n) is 11.3. The Kier molecular flexibility index (Phi) is 2.52. The summed E-state index contributed by atoms with van der Waals surface area (Å²) in [5, 5.41) is 0. The molecule has 0 amide bonds. The lowest BCUT2D eigenvalue weighted by molar-refractivity contribution is 0.682. The Hall–Kier alpha value is -2.29. The molecule has 0 radical (unpaired) electrons. The second-order valence-corrected chi connectivity index (χ2v) is 5.48. The molecule has 2 aromatic carbocycles. The highest BCUT2D eigenvalue weighted by atomic mass is 15.1. The smallest absolute Gasteiger partial charge is 0.100 e. The molecule has 2 N–H and O–H groups in total. The molecule has 0 spiro atoms. The summed E-state index contributed by atoms with van der Waals surface area (Å²) in [7, 11) is 0. The Balaban J connectivity index is 1.95. The lowest BCUT2D eigenvalue weighted by atomic mass is 9.90. The van der Waals surface area contributed by atoms with Gasteiger partial charge in [0, 0.05) is 5.69 Å². The van der Waals surface area contributed by atoms with E-state index in [1.165, 1.54) is 42.5 Å². The number of aryl methyl sites for hydroxylation is 1. The molecule has 1 aromatic heterocycles. The first-order valence-electron chi connectivity index (χ1n) is 7.17. The quantitative estimate of drug-likeness (QED) is 0.683. The van der Waals surface area contributed by atoms with Gasteiger partial charge in [0.2, 0.25) is 0 Å². The van der Waals surface area contributed by atoms with Crippen LogP contribution in [0.15, 0.2) is 42.7 Å². The number of nitrogen functional groups attached to an aromatic ring is 1. The van der Waals surface area contributed by atoms with E-state index >= 15 is 0 Å². The minimum absolute atomic E-state index is 0.762. The SMILES string of the molecule is Nc1ccc2c(c1)ncn2-c1cccc2c1CCCC2. The largest absolute Gasteiger partial charge is 0.399 e. The summed E-state index contributed by atoms with van der Waals surface area (Å²) in [6.45, 7) is 0.